The van der Waals surface area contributed by atoms with E-state index in [4.69, 9.17) is 4.74 Å². The number of hydrogen-bond acceptors (Lipinski definition) is 4. The lowest BCUT2D eigenvalue weighted by Crippen LogP contribution is -2.40. The quantitative estimate of drug-likeness (QED) is 0.628. The van der Waals surface area contributed by atoms with Crippen LogP contribution in [0.15, 0.2) is 4.47 Å². The summed E-state index contributed by atoms with van der Waals surface area (Å²) in [6.45, 7) is 5.13. The Balaban J connectivity index is 3.18. The molecule has 20 heavy (non-hydrogen) atoms. The molecule has 1 N–H and O–H groups in total. The molecular weight excluding hydrogens is 328 g/mol. The Morgan fingerprint density at radius 2 is 2.05 bits per heavy atom. The van der Waals surface area contributed by atoms with E-state index in [1.165, 1.54) is 6.92 Å². The summed E-state index contributed by atoms with van der Waals surface area (Å²) in [5.74, 6) is -1.94. The van der Waals surface area contributed by atoms with Crippen molar-refractivity contribution in [1.82, 2.24) is 9.78 Å². The highest BCUT2D eigenvalue weighted by Gasteiger charge is 2.44. The average molecular weight is 347 g/mol. The maximum atomic E-state index is 12.0. The number of carboxylic acids is 1. The number of nitrogens with zero attached hydrogens (tertiary/aromatic N) is 2. The van der Waals surface area contributed by atoms with E-state index in [0.717, 1.165) is 16.6 Å². The van der Waals surface area contributed by atoms with Crippen molar-refractivity contribution in [3.8, 4) is 0 Å². The number of aromatic nitrogens is 2. The second-order valence-electron chi connectivity index (χ2n) is 4.72. The van der Waals surface area contributed by atoms with Crippen molar-refractivity contribution in [1.29, 1.82) is 0 Å². The van der Waals surface area contributed by atoms with Gasteiger partial charge in [0.2, 0.25) is 0 Å². The number of aliphatic carboxylic acids is 1. The number of carbonyl (C=O) groups is 2. The van der Waals surface area contributed by atoms with Crippen molar-refractivity contribution < 1.29 is 19.4 Å². The minimum Gasteiger partial charge on any atom is -0.480 e. The van der Waals surface area contributed by atoms with Crippen molar-refractivity contribution in [3.05, 3.63) is 15.9 Å². The van der Waals surface area contributed by atoms with Crippen LogP contribution in [0.25, 0.3) is 0 Å². The Labute approximate surface area is 126 Å². The van der Waals surface area contributed by atoms with Gasteiger partial charge in [-0.25, -0.2) is 0 Å². The van der Waals surface area contributed by atoms with Gasteiger partial charge >= 0.3 is 11.9 Å². The maximum absolute atomic E-state index is 12.0. The predicted molar refractivity (Wildman–Crippen MR) is 76.4 cm³/mol. The molecule has 0 spiro atoms. The topological polar surface area (TPSA) is 81.4 Å². The Bertz CT molecular complexity index is 527. The molecule has 0 aliphatic heterocycles. The highest BCUT2D eigenvalue weighted by molar-refractivity contribution is 9.10. The average Bonchev–Trinajstić information content (AvgIpc) is 2.65. The summed E-state index contributed by atoms with van der Waals surface area (Å²) in [4.78, 5) is 23.5. The molecule has 0 saturated carbocycles. The fourth-order valence-electron chi connectivity index (χ4n) is 1.87. The monoisotopic (exact) mass is 346 g/mol. The van der Waals surface area contributed by atoms with Gasteiger partial charge in [-0.3, -0.25) is 14.3 Å². The number of carbonyl (C=O) groups excluding carboxylic acids is 1. The summed E-state index contributed by atoms with van der Waals surface area (Å²) in [5, 5.41) is 13.7. The fourth-order valence-corrected chi connectivity index (χ4v) is 2.63. The second-order valence-corrected chi connectivity index (χ2v) is 5.51. The minimum atomic E-state index is -1.63. The second kappa shape index (κ2) is 6.39. The molecule has 0 aliphatic carbocycles. The van der Waals surface area contributed by atoms with Gasteiger partial charge in [-0.1, -0.05) is 6.92 Å². The number of halogens is 1. The molecule has 6 nitrogen and oxygen atoms in total. The van der Waals surface area contributed by atoms with Gasteiger partial charge in [-0.05, 0) is 36.2 Å². The van der Waals surface area contributed by atoms with Gasteiger partial charge in [-0.15, -0.1) is 0 Å². The fraction of sp³-hybridized carbons (Fsp3) is 0.615. The molecule has 1 aromatic heterocycles. The molecule has 0 radical (unpaired) electrons. The summed E-state index contributed by atoms with van der Waals surface area (Å²) in [6, 6.07) is 0. The number of carboxylic acid groups (broad SMARTS) is 1. The molecule has 1 heterocycles. The molecule has 1 rings (SSSR count). The molecule has 0 aliphatic rings. The van der Waals surface area contributed by atoms with Crippen molar-refractivity contribution in [2.75, 3.05) is 6.61 Å². The van der Waals surface area contributed by atoms with Crippen LogP contribution >= 0.6 is 15.9 Å². The van der Waals surface area contributed by atoms with Crippen molar-refractivity contribution in [3.63, 3.8) is 0 Å². The number of hydrogen-bond donors (Lipinski definition) is 1. The van der Waals surface area contributed by atoms with Crippen LogP contribution in [0.3, 0.4) is 0 Å². The maximum Gasteiger partial charge on any atom is 0.323 e. The number of rotatable bonds is 6. The van der Waals surface area contributed by atoms with Gasteiger partial charge in [0.1, 0.15) is 0 Å². The van der Waals surface area contributed by atoms with Crippen molar-refractivity contribution in [2.45, 2.75) is 33.6 Å². The van der Waals surface area contributed by atoms with E-state index in [9.17, 15) is 14.7 Å². The molecule has 112 valence electrons. The van der Waals surface area contributed by atoms with Gasteiger partial charge in [0.25, 0.3) is 0 Å². The molecule has 0 amide bonds. The molecular formula is C13H19BrN2O4. The van der Waals surface area contributed by atoms with E-state index in [0.29, 0.717) is 5.69 Å². The molecule has 0 fully saturated rings. The first-order valence-electron chi connectivity index (χ1n) is 6.38. The highest BCUT2D eigenvalue weighted by Crippen LogP contribution is 2.30. The number of aryl methyl sites for hydroxylation is 2. The Hall–Kier alpha value is -1.37. The van der Waals surface area contributed by atoms with E-state index in [-0.39, 0.29) is 13.0 Å². The van der Waals surface area contributed by atoms with Gasteiger partial charge in [-0.2, -0.15) is 5.10 Å². The first-order valence-corrected chi connectivity index (χ1v) is 7.18. The third-order valence-electron chi connectivity index (χ3n) is 3.22. The smallest absolute Gasteiger partial charge is 0.323 e. The van der Waals surface area contributed by atoms with E-state index >= 15 is 0 Å². The lowest BCUT2D eigenvalue weighted by molar-refractivity contribution is -0.167. The zero-order valence-corrected chi connectivity index (χ0v) is 13.7. The van der Waals surface area contributed by atoms with Crippen LogP contribution in [0, 0.1) is 5.41 Å². The van der Waals surface area contributed by atoms with E-state index in [2.05, 4.69) is 21.0 Å². The third-order valence-corrected chi connectivity index (χ3v) is 4.14. The zero-order chi connectivity index (χ0) is 15.5. The van der Waals surface area contributed by atoms with E-state index in [1.54, 1.807) is 18.7 Å². The highest BCUT2D eigenvalue weighted by atomic mass is 79.9. The molecule has 1 unspecified atom stereocenters. The van der Waals surface area contributed by atoms with E-state index in [1.807, 2.05) is 6.92 Å². The minimum absolute atomic E-state index is 0.0191. The normalized spacial score (nSPS) is 13.8. The number of ether oxygens (including phenoxy) is 1. The first kappa shape index (κ1) is 16.7. The summed E-state index contributed by atoms with van der Waals surface area (Å²) in [6.07, 6.45) is 0.739. The van der Waals surface area contributed by atoms with Crippen LogP contribution in [-0.4, -0.2) is 33.4 Å². The van der Waals surface area contributed by atoms with Crippen LogP contribution in [0.2, 0.25) is 0 Å². The van der Waals surface area contributed by atoms with Crippen molar-refractivity contribution >= 4 is 27.9 Å². The zero-order valence-electron chi connectivity index (χ0n) is 12.1. The van der Waals surface area contributed by atoms with E-state index < -0.39 is 17.4 Å². The van der Waals surface area contributed by atoms with Crippen LogP contribution in [0.4, 0.5) is 0 Å². The Morgan fingerprint density at radius 3 is 2.45 bits per heavy atom. The predicted octanol–water partition coefficient (Wildman–Crippen LogP) is 1.94. The van der Waals surface area contributed by atoms with Gasteiger partial charge in [0.05, 0.1) is 22.5 Å². The molecule has 1 aromatic rings. The third kappa shape index (κ3) is 3.03. The van der Waals surface area contributed by atoms with Gasteiger partial charge in [0.15, 0.2) is 5.41 Å². The summed E-state index contributed by atoms with van der Waals surface area (Å²) >= 11 is 3.42. The summed E-state index contributed by atoms with van der Waals surface area (Å²) in [7, 11) is 1.73. The van der Waals surface area contributed by atoms with Crippen LogP contribution in [0.5, 0.6) is 0 Å². The SMILES string of the molecule is CCOC(=O)C(C)(Cc1c(Br)c(CC)nn1C)C(=O)O. The van der Waals surface area contributed by atoms with Crippen LogP contribution in [-0.2, 0) is 34.2 Å². The summed E-state index contributed by atoms with van der Waals surface area (Å²) in [5.41, 5.74) is -0.129. The molecule has 0 aromatic carbocycles. The Kier molecular flexibility index (Phi) is 5.33. The summed E-state index contributed by atoms with van der Waals surface area (Å²) < 4.78 is 7.24. The number of esters is 1. The molecule has 1 atom stereocenters. The molecule has 0 bridgehead atoms. The lowest BCUT2D eigenvalue weighted by Gasteiger charge is -2.22. The molecule has 7 heteroatoms. The Morgan fingerprint density at radius 1 is 1.45 bits per heavy atom. The standard InChI is InChI=1S/C13H19BrN2O4/c1-5-8-10(14)9(16(4)15-8)7-13(3,11(17)18)12(19)20-6-2/h5-7H2,1-4H3,(H,17,18). The van der Waals surface area contributed by atoms with Crippen LogP contribution in [0.1, 0.15) is 32.2 Å². The largest absolute Gasteiger partial charge is 0.480 e. The van der Waals surface area contributed by atoms with Crippen molar-refractivity contribution in [2.24, 2.45) is 12.5 Å². The van der Waals surface area contributed by atoms with Gasteiger partial charge < -0.3 is 9.84 Å². The molecule has 0 saturated heterocycles. The lowest BCUT2D eigenvalue weighted by atomic mass is 9.85. The first-order chi connectivity index (χ1) is 9.27. The van der Waals surface area contributed by atoms with Crippen LogP contribution < -0.4 is 0 Å². The van der Waals surface area contributed by atoms with Gasteiger partial charge in [0, 0.05) is 13.5 Å².